The Bertz CT molecular complexity index is 140. The fourth-order valence-corrected chi connectivity index (χ4v) is 1.30. The molecule has 0 heterocycles. The van der Waals surface area contributed by atoms with Crippen LogP contribution in [0.5, 0.6) is 0 Å². The van der Waals surface area contributed by atoms with Crippen molar-refractivity contribution < 1.29 is 9.31 Å². The summed E-state index contributed by atoms with van der Waals surface area (Å²) in [5, 5.41) is 10.1. The van der Waals surface area contributed by atoms with Crippen molar-refractivity contribution in [2.45, 2.75) is 37.9 Å². The van der Waals surface area contributed by atoms with Gasteiger partial charge in [-0.15, -0.1) is 0 Å². The second-order valence-corrected chi connectivity index (χ2v) is 2.65. The lowest BCUT2D eigenvalue weighted by atomic mass is 9.94. The van der Waals surface area contributed by atoms with Crippen molar-refractivity contribution in [2.75, 3.05) is 0 Å². The van der Waals surface area contributed by atoms with Crippen LogP contribution in [-0.4, -0.2) is 17.1 Å². The zero-order valence-electron chi connectivity index (χ0n) is 5.62. The highest BCUT2D eigenvalue weighted by molar-refractivity contribution is 4.73. The quantitative estimate of drug-likeness (QED) is 0.417. The average molecular weight is 147 g/mol. The molecule has 58 valence electrons. The molecule has 3 nitrogen and oxygen atoms in total. The number of hydrogen-bond acceptors (Lipinski definition) is 2. The predicted octanol–water partition coefficient (Wildman–Crippen LogP) is 1.54. The van der Waals surface area contributed by atoms with Crippen LogP contribution in [0.3, 0.4) is 0 Å². The zero-order chi connectivity index (χ0) is 7.56. The largest absolute Gasteiger partial charge is 0.264 e. The van der Waals surface area contributed by atoms with Gasteiger partial charge in [-0.2, -0.15) is 0 Å². The summed E-state index contributed by atoms with van der Waals surface area (Å²) in [5.41, 5.74) is 0. The van der Waals surface area contributed by atoms with E-state index in [0.29, 0.717) is 12.8 Å². The first-order valence-corrected chi connectivity index (χ1v) is 3.49. The van der Waals surface area contributed by atoms with E-state index >= 15 is 0 Å². The Morgan fingerprint density at radius 3 is 2.40 bits per heavy atom. The van der Waals surface area contributed by atoms with Crippen molar-refractivity contribution >= 4 is 0 Å². The minimum absolute atomic E-state index is 0.367. The summed E-state index contributed by atoms with van der Waals surface area (Å²) in [6, 6.07) is -0.922. The molecule has 0 aromatic carbocycles. The summed E-state index contributed by atoms with van der Waals surface area (Å²) in [6.45, 7) is 0. The summed E-state index contributed by atoms with van der Waals surface area (Å²) < 4.78 is 12.7. The van der Waals surface area contributed by atoms with Crippen LogP contribution in [0.2, 0.25) is 0 Å². The summed E-state index contributed by atoms with van der Waals surface area (Å²) >= 11 is 0. The molecule has 1 aliphatic rings. The Hall–Kier alpha value is -0.670. The van der Waals surface area contributed by atoms with Gasteiger partial charge in [0.15, 0.2) is 6.17 Å². The highest BCUT2D eigenvalue weighted by atomic mass is 19.1. The molecule has 1 fully saturated rings. The number of alkyl halides is 1. The molecule has 0 aromatic rings. The lowest BCUT2D eigenvalue weighted by Gasteiger charge is -2.18. The van der Waals surface area contributed by atoms with Crippen molar-refractivity contribution in [1.82, 2.24) is 0 Å². The summed E-state index contributed by atoms with van der Waals surface area (Å²) in [4.78, 5) is 9.63. The second-order valence-electron chi connectivity index (χ2n) is 2.65. The number of rotatable bonds is 1. The van der Waals surface area contributed by atoms with Crippen LogP contribution in [-0.2, 0) is 0 Å². The van der Waals surface area contributed by atoms with E-state index in [1.165, 1.54) is 0 Å². The topological polar surface area (TPSA) is 43.1 Å². The van der Waals surface area contributed by atoms with E-state index in [1.54, 1.807) is 0 Å². The third-order valence-corrected chi connectivity index (χ3v) is 1.92. The van der Waals surface area contributed by atoms with Gasteiger partial charge < -0.3 is 0 Å². The van der Waals surface area contributed by atoms with Crippen molar-refractivity contribution in [2.24, 2.45) is 0 Å². The maximum Gasteiger partial charge on any atom is 0.243 e. The van der Waals surface area contributed by atoms with Gasteiger partial charge in [-0.25, -0.2) is 4.39 Å². The van der Waals surface area contributed by atoms with Gasteiger partial charge in [0, 0.05) is 11.3 Å². The van der Waals surface area contributed by atoms with Gasteiger partial charge in [0.1, 0.15) is 0 Å². The Labute approximate surface area is 58.4 Å². The van der Waals surface area contributed by atoms with Crippen LogP contribution in [0, 0.1) is 10.1 Å². The van der Waals surface area contributed by atoms with Crippen LogP contribution >= 0.6 is 0 Å². The molecule has 1 aliphatic carbocycles. The van der Waals surface area contributed by atoms with Crippen LogP contribution in [0.15, 0.2) is 0 Å². The number of nitrogens with zero attached hydrogens (tertiary/aromatic N) is 1. The Morgan fingerprint density at radius 1 is 1.40 bits per heavy atom. The summed E-state index contributed by atoms with van der Waals surface area (Å²) in [5.74, 6) is 0. The minimum Gasteiger partial charge on any atom is -0.264 e. The van der Waals surface area contributed by atoms with E-state index in [1.807, 2.05) is 0 Å². The van der Waals surface area contributed by atoms with Gasteiger partial charge in [0.05, 0.1) is 0 Å². The molecule has 0 N–H and O–H groups in total. The van der Waals surface area contributed by atoms with Gasteiger partial charge in [-0.1, -0.05) is 6.42 Å². The van der Waals surface area contributed by atoms with Crippen LogP contribution in [0.4, 0.5) is 4.39 Å². The van der Waals surface area contributed by atoms with Crippen LogP contribution in [0.1, 0.15) is 25.7 Å². The molecular weight excluding hydrogens is 137 g/mol. The van der Waals surface area contributed by atoms with E-state index in [4.69, 9.17) is 0 Å². The van der Waals surface area contributed by atoms with Gasteiger partial charge in [0.2, 0.25) is 6.04 Å². The van der Waals surface area contributed by atoms with Crippen molar-refractivity contribution in [3.8, 4) is 0 Å². The van der Waals surface area contributed by atoms with E-state index in [9.17, 15) is 14.5 Å². The first kappa shape index (κ1) is 7.44. The first-order chi connectivity index (χ1) is 4.72. The molecule has 0 amide bonds. The Kier molecular flexibility index (Phi) is 2.19. The fraction of sp³-hybridized carbons (Fsp3) is 1.00. The monoisotopic (exact) mass is 147 g/mol. The summed E-state index contributed by atoms with van der Waals surface area (Å²) in [7, 11) is 0. The standard InChI is InChI=1S/C6H10FNO2/c7-5-3-1-2-4-6(5)8(9)10/h5-6H,1-4H2/t5-,6-/m1/s1. The third-order valence-electron chi connectivity index (χ3n) is 1.92. The third kappa shape index (κ3) is 1.43. The molecule has 0 bridgehead atoms. The van der Waals surface area contributed by atoms with Gasteiger partial charge in [-0.05, 0) is 12.8 Å². The molecule has 0 saturated heterocycles. The molecule has 0 unspecified atom stereocenters. The van der Waals surface area contributed by atoms with Crippen LogP contribution in [0.25, 0.3) is 0 Å². The normalized spacial score (nSPS) is 33.7. The van der Waals surface area contributed by atoms with Gasteiger partial charge in [0.25, 0.3) is 0 Å². The van der Waals surface area contributed by atoms with Crippen molar-refractivity contribution in [1.29, 1.82) is 0 Å². The Balaban J connectivity index is 2.47. The van der Waals surface area contributed by atoms with Gasteiger partial charge >= 0.3 is 0 Å². The van der Waals surface area contributed by atoms with E-state index < -0.39 is 17.1 Å². The van der Waals surface area contributed by atoms with Crippen molar-refractivity contribution in [3.05, 3.63) is 10.1 Å². The van der Waals surface area contributed by atoms with E-state index in [-0.39, 0.29) is 0 Å². The molecule has 0 spiro atoms. The van der Waals surface area contributed by atoms with E-state index in [0.717, 1.165) is 12.8 Å². The molecule has 2 atom stereocenters. The smallest absolute Gasteiger partial charge is 0.243 e. The van der Waals surface area contributed by atoms with Gasteiger partial charge in [-0.3, -0.25) is 10.1 Å². The summed E-state index contributed by atoms with van der Waals surface area (Å²) in [6.07, 6.45) is 1.17. The van der Waals surface area contributed by atoms with Crippen LogP contribution < -0.4 is 0 Å². The molecule has 1 rings (SSSR count). The van der Waals surface area contributed by atoms with Crippen molar-refractivity contribution in [3.63, 3.8) is 0 Å². The maximum atomic E-state index is 12.7. The number of nitro groups is 1. The first-order valence-electron chi connectivity index (χ1n) is 3.49. The number of hydrogen-bond donors (Lipinski definition) is 0. The molecule has 4 heteroatoms. The minimum atomic E-state index is -1.20. The maximum absolute atomic E-state index is 12.7. The fourth-order valence-electron chi connectivity index (χ4n) is 1.30. The number of halogens is 1. The Morgan fingerprint density at radius 2 is 2.00 bits per heavy atom. The lowest BCUT2D eigenvalue weighted by Crippen LogP contribution is -2.33. The molecule has 10 heavy (non-hydrogen) atoms. The molecule has 1 saturated carbocycles. The molecule has 0 radical (unpaired) electrons. The molecule has 0 aromatic heterocycles. The molecular formula is C6H10FNO2. The second kappa shape index (κ2) is 2.94. The SMILES string of the molecule is O=[N+]([O-])[C@@H]1CCCC[C@H]1F. The highest BCUT2D eigenvalue weighted by Crippen LogP contribution is 2.22. The lowest BCUT2D eigenvalue weighted by molar-refractivity contribution is -0.534. The highest BCUT2D eigenvalue weighted by Gasteiger charge is 2.33. The zero-order valence-corrected chi connectivity index (χ0v) is 5.62. The van der Waals surface area contributed by atoms with E-state index in [2.05, 4.69) is 0 Å². The predicted molar refractivity (Wildman–Crippen MR) is 34.1 cm³/mol. The molecule has 0 aliphatic heterocycles. The average Bonchev–Trinajstić information content (AvgIpc) is 1.88.